The minimum atomic E-state index is 1.42. The summed E-state index contributed by atoms with van der Waals surface area (Å²) >= 11 is 0. The molecule has 0 fully saturated rings. The van der Waals surface area contributed by atoms with E-state index in [4.69, 9.17) is 0 Å². The molecule has 0 N–H and O–H groups in total. The average Bonchev–Trinajstić information content (AvgIpc) is 2.61. The fourth-order valence-electron chi connectivity index (χ4n) is 4.50. The molecule has 140 valence electrons. The first kappa shape index (κ1) is 20.5. The largest absolute Gasteiger partial charge is 0.0447 e. The van der Waals surface area contributed by atoms with Gasteiger partial charge in [0.2, 0.25) is 0 Å². The molecule has 2 rings (SSSR count). The molecule has 2 aromatic rings. The number of benzene rings is 2. The van der Waals surface area contributed by atoms with Gasteiger partial charge < -0.3 is 0 Å². The first-order valence-electron chi connectivity index (χ1n) is 9.75. The van der Waals surface area contributed by atoms with Crippen LogP contribution in [0.3, 0.4) is 0 Å². The Balaban J connectivity index is 2.91. The summed E-state index contributed by atoms with van der Waals surface area (Å²) in [5.41, 5.74) is 20.0. The smallest absolute Gasteiger partial charge is 0.0160 e. The lowest BCUT2D eigenvalue weighted by molar-refractivity contribution is 1.15. The fraction of sp³-hybridized carbons (Fsp3) is 0.462. The van der Waals surface area contributed by atoms with Crippen molar-refractivity contribution < 1.29 is 0 Å². The normalized spacial score (nSPS) is 12.5. The summed E-state index contributed by atoms with van der Waals surface area (Å²) < 4.78 is 0. The molecule has 26 heavy (non-hydrogen) atoms. The lowest BCUT2D eigenvalue weighted by Crippen LogP contribution is -2.05. The minimum absolute atomic E-state index is 1.42. The van der Waals surface area contributed by atoms with Gasteiger partial charge in [0.05, 0.1) is 0 Å². The standard InChI is InChI=1S/C26H36/c1-13-15(3)19(7)25(20(8)16(13)4)23(11)24(12)26-21(9)17(5)14(2)18(6)22(26)10/h1-12H3/b24-23+. The van der Waals surface area contributed by atoms with Crippen molar-refractivity contribution in [1.29, 1.82) is 0 Å². The summed E-state index contributed by atoms with van der Waals surface area (Å²) in [5.74, 6) is 0. The molecule has 0 heterocycles. The molecule has 0 aliphatic carbocycles. The van der Waals surface area contributed by atoms with E-state index in [9.17, 15) is 0 Å². The predicted molar refractivity (Wildman–Crippen MR) is 118 cm³/mol. The zero-order valence-electron chi connectivity index (χ0n) is 19.0. The first-order valence-corrected chi connectivity index (χ1v) is 9.75. The molecule has 0 unspecified atom stereocenters. The molecule has 0 nitrogen and oxygen atoms in total. The summed E-state index contributed by atoms with van der Waals surface area (Å²) in [6.07, 6.45) is 0. The Kier molecular flexibility index (Phi) is 5.57. The molecule has 0 radical (unpaired) electrons. The van der Waals surface area contributed by atoms with Gasteiger partial charge in [-0.15, -0.1) is 0 Å². The molecule has 2 aromatic carbocycles. The van der Waals surface area contributed by atoms with Gasteiger partial charge in [-0.2, -0.15) is 0 Å². The zero-order chi connectivity index (χ0) is 20.1. The Morgan fingerprint density at radius 1 is 0.308 bits per heavy atom. The summed E-state index contributed by atoms with van der Waals surface area (Å²) in [6, 6.07) is 0. The number of hydrogen-bond acceptors (Lipinski definition) is 0. The second-order valence-electron chi connectivity index (χ2n) is 8.25. The number of hydrogen-bond donors (Lipinski definition) is 0. The van der Waals surface area contributed by atoms with Gasteiger partial charge in [0.15, 0.2) is 0 Å². The molecule has 0 spiro atoms. The summed E-state index contributed by atoms with van der Waals surface area (Å²) in [5, 5.41) is 0. The van der Waals surface area contributed by atoms with Crippen LogP contribution in [0.2, 0.25) is 0 Å². The van der Waals surface area contributed by atoms with Gasteiger partial charge in [-0.25, -0.2) is 0 Å². The highest BCUT2D eigenvalue weighted by atomic mass is 14.2. The molecule has 0 saturated heterocycles. The van der Waals surface area contributed by atoms with Gasteiger partial charge in [-0.05, 0) is 161 Å². The Morgan fingerprint density at radius 3 is 0.654 bits per heavy atom. The summed E-state index contributed by atoms with van der Waals surface area (Å²) in [6.45, 7) is 27.3. The fourth-order valence-corrected chi connectivity index (χ4v) is 4.50. The van der Waals surface area contributed by atoms with E-state index in [1.54, 1.807) is 0 Å². The Labute approximate surface area is 161 Å². The number of rotatable bonds is 2. The van der Waals surface area contributed by atoms with E-state index in [1.807, 2.05) is 0 Å². The van der Waals surface area contributed by atoms with Gasteiger partial charge in [0.1, 0.15) is 0 Å². The average molecular weight is 349 g/mol. The SMILES string of the molecule is C/C(=C(/C)c1c(C)c(C)c(C)c(C)c1C)c1c(C)c(C)c(C)c(C)c1C. The Bertz CT molecular complexity index is 798. The topological polar surface area (TPSA) is 0 Å². The maximum Gasteiger partial charge on any atom is -0.0160 e. The van der Waals surface area contributed by atoms with Crippen molar-refractivity contribution in [2.24, 2.45) is 0 Å². The maximum absolute atomic E-state index is 2.31. The minimum Gasteiger partial charge on any atom is -0.0447 e. The van der Waals surface area contributed by atoms with Gasteiger partial charge in [0.25, 0.3) is 0 Å². The quantitative estimate of drug-likeness (QED) is 0.487. The van der Waals surface area contributed by atoms with Crippen molar-refractivity contribution in [2.45, 2.75) is 83.1 Å². The molecule has 0 aromatic heterocycles. The van der Waals surface area contributed by atoms with Crippen molar-refractivity contribution >= 4 is 11.1 Å². The van der Waals surface area contributed by atoms with Gasteiger partial charge >= 0.3 is 0 Å². The zero-order valence-corrected chi connectivity index (χ0v) is 19.0. The van der Waals surface area contributed by atoms with Crippen molar-refractivity contribution in [3.05, 3.63) is 66.8 Å². The van der Waals surface area contributed by atoms with E-state index in [1.165, 1.54) is 77.9 Å². The van der Waals surface area contributed by atoms with E-state index in [-0.39, 0.29) is 0 Å². The monoisotopic (exact) mass is 348 g/mol. The molecule has 0 atom stereocenters. The lowest BCUT2D eigenvalue weighted by atomic mass is 9.81. The summed E-state index contributed by atoms with van der Waals surface area (Å²) in [4.78, 5) is 0. The van der Waals surface area contributed by atoms with E-state index in [2.05, 4.69) is 83.1 Å². The molecule has 0 heteroatoms. The van der Waals surface area contributed by atoms with Crippen molar-refractivity contribution in [2.75, 3.05) is 0 Å². The Morgan fingerprint density at radius 2 is 0.462 bits per heavy atom. The molecule has 0 saturated carbocycles. The molecule has 0 aliphatic rings. The van der Waals surface area contributed by atoms with Crippen molar-refractivity contribution in [1.82, 2.24) is 0 Å². The van der Waals surface area contributed by atoms with Crippen LogP contribution >= 0.6 is 0 Å². The van der Waals surface area contributed by atoms with E-state index < -0.39 is 0 Å². The lowest BCUT2D eigenvalue weighted by Gasteiger charge is -2.24. The second kappa shape index (κ2) is 7.06. The third-order valence-electron chi connectivity index (χ3n) is 7.31. The van der Waals surface area contributed by atoms with Crippen LogP contribution in [0.1, 0.15) is 80.6 Å². The van der Waals surface area contributed by atoms with Gasteiger partial charge in [-0.3, -0.25) is 0 Å². The third-order valence-corrected chi connectivity index (χ3v) is 7.31. The molecular weight excluding hydrogens is 312 g/mol. The van der Waals surface area contributed by atoms with Crippen LogP contribution in [0.15, 0.2) is 0 Å². The highest BCUT2D eigenvalue weighted by Gasteiger charge is 2.19. The van der Waals surface area contributed by atoms with Crippen molar-refractivity contribution in [3.63, 3.8) is 0 Å². The molecule has 0 bridgehead atoms. The van der Waals surface area contributed by atoms with Crippen LogP contribution in [0, 0.1) is 69.2 Å². The van der Waals surface area contributed by atoms with Gasteiger partial charge in [0, 0.05) is 0 Å². The second-order valence-corrected chi connectivity index (χ2v) is 8.25. The van der Waals surface area contributed by atoms with Crippen molar-refractivity contribution in [3.8, 4) is 0 Å². The van der Waals surface area contributed by atoms with Crippen LogP contribution in [0.5, 0.6) is 0 Å². The highest BCUT2D eigenvalue weighted by Crippen LogP contribution is 2.38. The van der Waals surface area contributed by atoms with E-state index in [0.717, 1.165) is 0 Å². The predicted octanol–water partition coefficient (Wildman–Crippen LogP) is 7.72. The van der Waals surface area contributed by atoms with Crippen LogP contribution in [-0.4, -0.2) is 0 Å². The van der Waals surface area contributed by atoms with Crippen LogP contribution < -0.4 is 0 Å². The molecular formula is C26H36. The third kappa shape index (κ3) is 2.94. The van der Waals surface area contributed by atoms with Gasteiger partial charge in [-0.1, -0.05) is 0 Å². The van der Waals surface area contributed by atoms with E-state index in [0.29, 0.717) is 0 Å². The van der Waals surface area contributed by atoms with Crippen LogP contribution in [0.25, 0.3) is 11.1 Å². The van der Waals surface area contributed by atoms with E-state index >= 15 is 0 Å². The van der Waals surface area contributed by atoms with Crippen LogP contribution in [-0.2, 0) is 0 Å². The molecule has 0 aliphatic heterocycles. The molecule has 0 amide bonds. The Hall–Kier alpha value is -1.82. The van der Waals surface area contributed by atoms with Crippen LogP contribution in [0.4, 0.5) is 0 Å². The highest BCUT2D eigenvalue weighted by molar-refractivity contribution is 5.93. The first-order chi connectivity index (χ1) is 11.9. The summed E-state index contributed by atoms with van der Waals surface area (Å²) in [7, 11) is 0. The maximum atomic E-state index is 2.31. The number of allylic oxidation sites excluding steroid dienone is 2.